The number of rotatable bonds is 7. The molecule has 0 aromatic carbocycles. The standard InChI is InChI=1S/C12H21N3O2S/c1-10(2)6-3-4-9-15-18(16,17)11-7-5-8-14-12(11)13/h5,7-8,10,15H,3-4,6,9H2,1-2H3,(H2,13,14). The number of nitrogens with two attached hydrogens (primary N) is 1. The highest BCUT2D eigenvalue weighted by Gasteiger charge is 2.16. The van der Waals surface area contributed by atoms with Crippen molar-refractivity contribution >= 4 is 15.8 Å². The van der Waals surface area contributed by atoms with Crippen LogP contribution in [0.25, 0.3) is 0 Å². The molecular formula is C12H21N3O2S. The van der Waals surface area contributed by atoms with E-state index >= 15 is 0 Å². The molecule has 1 rings (SSSR count). The molecule has 18 heavy (non-hydrogen) atoms. The molecule has 0 unspecified atom stereocenters. The highest BCUT2D eigenvalue weighted by molar-refractivity contribution is 7.89. The lowest BCUT2D eigenvalue weighted by atomic mass is 10.1. The Balaban J connectivity index is 2.49. The fraction of sp³-hybridized carbons (Fsp3) is 0.583. The van der Waals surface area contributed by atoms with Gasteiger partial charge in [0.1, 0.15) is 10.7 Å². The average molecular weight is 271 g/mol. The Kier molecular flexibility index (Phi) is 5.55. The summed E-state index contributed by atoms with van der Waals surface area (Å²) >= 11 is 0. The van der Waals surface area contributed by atoms with Crippen molar-refractivity contribution in [3.63, 3.8) is 0 Å². The summed E-state index contributed by atoms with van der Waals surface area (Å²) in [6.07, 6.45) is 4.42. The van der Waals surface area contributed by atoms with Crippen LogP contribution in [0, 0.1) is 5.92 Å². The van der Waals surface area contributed by atoms with Crippen LogP contribution in [-0.4, -0.2) is 19.9 Å². The van der Waals surface area contributed by atoms with E-state index in [1.165, 1.54) is 12.3 Å². The van der Waals surface area contributed by atoms with Crippen LogP contribution in [0.15, 0.2) is 23.2 Å². The lowest BCUT2D eigenvalue weighted by molar-refractivity contribution is 0.530. The van der Waals surface area contributed by atoms with Crippen LogP contribution in [0.4, 0.5) is 5.82 Å². The molecule has 0 spiro atoms. The molecule has 0 aliphatic rings. The Labute approximate surface area is 109 Å². The van der Waals surface area contributed by atoms with Gasteiger partial charge in [0.2, 0.25) is 10.0 Å². The first-order valence-electron chi connectivity index (χ1n) is 6.13. The first-order chi connectivity index (χ1) is 8.43. The molecule has 1 aromatic rings. The molecule has 0 saturated heterocycles. The predicted octanol–water partition coefficient (Wildman–Crippen LogP) is 1.77. The Bertz CT molecular complexity index is 472. The fourth-order valence-electron chi connectivity index (χ4n) is 1.59. The van der Waals surface area contributed by atoms with Gasteiger partial charge < -0.3 is 5.73 Å². The molecule has 0 saturated carbocycles. The molecule has 5 nitrogen and oxygen atoms in total. The predicted molar refractivity (Wildman–Crippen MR) is 72.5 cm³/mol. The molecule has 0 bridgehead atoms. The van der Waals surface area contributed by atoms with E-state index in [0.717, 1.165) is 19.3 Å². The third-order valence-electron chi connectivity index (χ3n) is 2.59. The van der Waals surface area contributed by atoms with E-state index in [1.807, 2.05) is 0 Å². The maximum Gasteiger partial charge on any atom is 0.244 e. The zero-order chi connectivity index (χ0) is 13.6. The van der Waals surface area contributed by atoms with E-state index in [2.05, 4.69) is 23.6 Å². The van der Waals surface area contributed by atoms with Gasteiger partial charge in [-0.25, -0.2) is 18.1 Å². The number of aromatic nitrogens is 1. The van der Waals surface area contributed by atoms with Crippen molar-refractivity contribution in [3.8, 4) is 0 Å². The quantitative estimate of drug-likeness (QED) is 0.740. The summed E-state index contributed by atoms with van der Waals surface area (Å²) in [5.41, 5.74) is 5.55. The number of nitrogens with one attached hydrogen (secondary N) is 1. The second kappa shape index (κ2) is 6.70. The number of hydrogen-bond donors (Lipinski definition) is 2. The molecule has 1 aromatic heterocycles. The van der Waals surface area contributed by atoms with Crippen molar-refractivity contribution in [1.29, 1.82) is 0 Å². The number of nitrogen functional groups attached to an aromatic ring is 1. The van der Waals surface area contributed by atoms with E-state index in [1.54, 1.807) is 6.07 Å². The first kappa shape index (κ1) is 14.9. The summed E-state index contributed by atoms with van der Waals surface area (Å²) in [5.74, 6) is 0.683. The van der Waals surface area contributed by atoms with Crippen molar-refractivity contribution in [2.24, 2.45) is 5.92 Å². The molecule has 102 valence electrons. The molecule has 0 amide bonds. The average Bonchev–Trinajstić information content (AvgIpc) is 2.28. The lowest BCUT2D eigenvalue weighted by Gasteiger charge is -2.08. The Morgan fingerprint density at radius 3 is 2.72 bits per heavy atom. The molecule has 0 atom stereocenters. The van der Waals surface area contributed by atoms with Gasteiger partial charge in [0.25, 0.3) is 0 Å². The zero-order valence-corrected chi connectivity index (χ0v) is 11.7. The van der Waals surface area contributed by atoms with Gasteiger partial charge in [0, 0.05) is 12.7 Å². The molecule has 6 heteroatoms. The normalized spacial score (nSPS) is 11.9. The molecule has 3 N–H and O–H groups in total. The van der Waals surface area contributed by atoms with E-state index in [0.29, 0.717) is 12.5 Å². The maximum atomic E-state index is 11.9. The molecule has 0 fully saturated rings. The minimum absolute atomic E-state index is 0.0344. The van der Waals surface area contributed by atoms with Crippen molar-refractivity contribution < 1.29 is 8.42 Å². The van der Waals surface area contributed by atoms with Crippen LogP contribution in [0.1, 0.15) is 33.1 Å². The second-order valence-corrected chi connectivity index (χ2v) is 6.41. The zero-order valence-electron chi connectivity index (χ0n) is 10.9. The van der Waals surface area contributed by atoms with Gasteiger partial charge >= 0.3 is 0 Å². The number of pyridine rings is 1. The minimum Gasteiger partial charge on any atom is -0.383 e. The van der Waals surface area contributed by atoms with Gasteiger partial charge in [0.05, 0.1) is 0 Å². The Morgan fingerprint density at radius 1 is 1.39 bits per heavy atom. The summed E-state index contributed by atoms with van der Waals surface area (Å²) < 4.78 is 26.4. The van der Waals surface area contributed by atoms with Crippen LogP contribution in [0.5, 0.6) is 0 Å². The van der Waals surface area contributed by atoms with Crippen LogP contribution in [0.2, 0.25) is 0 Å². The Morgan fingerprint density at radius 2 is 2.11 bits per heavy atom. The van der Waals surface area contributed by atoms with Crippen molar-refractivity contribution in [2.75, 3.05) is 12.3 Å². The molecule has 0 aliphatic carbocycles. The smallest absolute Gasteiger partial charge is 0.244 e. The monoisotopic (exact) mass is 271 g/mol. The Hall–Kier alpha value is -1.14. The van der Waals surface area contributed by atoms with Crippen LogP contribution >= 0.6 is 0 Å². The van der Waals surface area contributed by atoms with E-state index < -0.39 is 10.0 Å². The molecule has 0 radical (unpaired) electrons. The second-order valence-electron chi connectivity index (χ2n) is 4.67. The van der Waals surface area contributed by atoms with Crippen molar-refractivity contribution in [2.45, 2.75) is 38.0 Å². The number of sulfonamides is 1. The van der Waals surface area contributed by atoms with Gasteiger partial charge in [-0.3, -0.25) is 0 Å². The summed E-state index contributed by atoms with van der Waals surface area (Å²) in [6, 6.07) is 3.02. The fourth-order valence-corrected chi connectivity index (χ4v) is 2.75. The third-order valence-corrected chi connectivity index (χ3v) is 4.10. The van der Waals surface area contributed by atoms with Crippen LogP contribution in [-0.2, 0) is 10.0 Å². The number of hydrogen-bond acceptors (Lipinski definition) is 4. The number of anilines is 1. The first-order valence-corrected chi connectivity index (χ1v) is 7.62. The topological polar surface area (TPSA) is 85.1 Å². The molecular weight excluding hydrogens is 250 g/mol. The van der Waals surface area contributed by atoms with Crippen LogP contribution < -0.4 is 10.5 Å². The van der Waals surface area contributed by atoms with Gasteiger partial charge in [-0.1, -0.05) is 26.7 Å². The summed E-state index contributed by atoms with van der Waals surface area (Å²) in [7, 11) is -3.53. The van der Waals surface area contributed by atoms with E-state index in [-0.39, 0.29) is 10.7 Å². The highest BCUT2D eigenvalue weighted by atomic mass is 32.2. The van der Waals surface area contributed by atoms with Gasteiger partial charge in [-0.05, 0) is 24.5 Å². The number of unbranched alkanes of at least 4 members (excludes halogenated alkanes) is 1. The summed E-state index contributed by atoms with van der Waals surface area (Å²) in [4.78, 5) is 3.82. The molecule has 0 aliphatic heterocycles. The van der Waals surface area contributed by atoms with Crippen molar-refractivity contribution in [1.82, 2.24) is 9.71 Å². The highest BCUT2D eigenvalue weighted by Crippen LogP contribution is 2.14. The van der Waals surface area contributed by atoms with E-state index in [9.17, 15) is 8.42 Å². The van der Waals surface area contributed by atoms with Gasteiger partial charge in [0.15, 0.2) is 0 Å². The summed E-state index contributed by atoms with van der Waals surface area (Å²) in [5, 5.41) is 0. The van der Waals surface area contributed by atoms with Gasteiger partial charge in [-0.2, -0.15) is 0 Å². The van der Waals surface area contributed by atoms with Crippen molar-refractivity contribution in [3.05, 3.63) is 18.3 Å². The minimum atomic E-state index is -3.53. The SMILES string of the molecule is CC(C)CCCCNS(=O)(=O)c1cccnc1N. The largest absolute Gasteiger partial charge is 0.383 e. The third kappa shape index (κ3) is 4.62. The maximum absolute atomic E-state index is 11.9. The molecule has 1 heterocycles. The van der Waals surface area contributed by atoms with Crippen LogP contribution in [0.3, 0.4) is 0 Å². The van der Waals surface area contributed by atoms with E-state index in [4.69, 9.17) is 5.73 Å². The van der Waals surface area contributed by atoms with Gasteiger partial charge in [-0.15, -0.1) is 0 Å². The summed E-state index contributed by atoms with van der Waals surface area (Å²) in [6.45, 7) is 4.74. The lowest BCUT2D eigenvalue weighted by Crippen LogP contribution is -2.25. The number of nitrogens with zero attached hydrogens (tertiary/aromatic N) is 1.